The van der Waals surface area contributed by atoms with Crippen LogP contribution in [0.3, 0.4) is 0 Å². The lowest BCUT2D eigenvalue weighted by molar-refractivity contribution is -0.119. The number of halogens is 1. The molecule has 0 radical (unpaired) electrons. The van der Waals surface area contributed by atoms with Gasteiger partial charge in [-0.1, -0.05) is 22.0 Å². The summed E-state index contributed by atoms with van der Waals surface area (Å²) in [7, 11) is -2.49. The molecule has 128 valence electrons. The maximum atomic E-state index is 12.9. The summed E-state index contributed by atoms with van der Waals surface area (Å²) >= 11 is 3.26. The van der Waals surface area contributed by atoms with Gasteiger partial charge in [0, 0.05) is 10.5 Å². The van der Waals surface area contributed by atoms with Crippen molar-refractivity contribution >= 4 is 37.5 Å². The Hall–Kier alpha value is -2.10. The second-order valence-corrected chi connectivity index (χ2v) is 7.51. The molecule has 2 aromatic carbocycles. The summed E-state index contributed by atoms with van der Waals surface area (Å²) in [5, 5.41) is 0. The number of hydrazine groups is 1. The second-order valence-electron chi connectivity index (χ2n) is 4.73. The fourth-order valence-electron chi connectivity index (χ4n) is 1.99. The number of ether oxygens (including phenoxy) is 1. The Balaban J connectivity index is 2.52. The van der Waals surface area contributed by atoms with Crippen molar-refractivity contribution in [2.75, 3.05) is 18.0 Å². The number of nitrogens with one attached hydrogen (secondary N) is 1. The number of hydrogen-bond donors (Lipinski definition) is 2. The number of carbonyl (C=O) groups is 1. The molecule has 2 rings (SSSR count). The first-order valence-electron chi connectivity index (χ1n) is 6.80. The minimum absolute atomic E-state index is 0.0540. The molecule has 0 aliphatic rings. The molecular formula is C15H16BrN3O4S. The maximum Gasteiger partial charge on any atom is 0.264 e. The van der Waals surface area contributed by atoms with Crippen LogP contribution in [0.15, 0.2) is 57.9 Å². The summed E-state index contributed by atoms with van der Waals surface area (Å²) in [4.78, 5) is 11.8. The van der Waals surface area contributed by atoms with Gasteiger partial charge in [-0.2, -0.15) is 0 Å². The second kappa shape index (κ2) is 7.65. The van der Waals surface area contributed by atoms with Crippen LogP contribution in [0.5, 0.6) is 5.75 Å². The minimum atomic E-state index is -3.96. The molecule has 0 atom stereocenters. The molecule has 0 unspecified atom stereocenters. The Morgan fingerprint density at radius 2 is 1.92 bits per heavy atom. The zero-order valence-electron chi connectivity index (χ0n) is 12.8. The lowest BCUT2D eigenvalue weighted by Crippen LogP contribution is -2.43. The zero-order valence-corrected chi connectivity index (χ0v) is 15.2. The predicted octanol–water partition coefficient (Wildman–Crippen LogP) is 1.64. The monoisotopic (exact) mass is 413 g/mol. The van der Waals surface area contributed by atoms with E-state index in [1.807, 2.05) is 5.43 Å². The molecule has 2 aromatic rings. The lowest BCUT2D eigenvalue weighted by atomic mass is 10.3. The quantitative estimate of drug-likeness (QED) is 0.425. The largest absolute Gasteiger partial charge is 0.497 e. The van der Waals surface area contributed by atoms with Gasteiger partial charge >= 0.3 is 0 Å². The van der Waals surface area contributed by atoms with E-state index >= 15 is 0 Å². The number of anilines is 1. The van der Waals surface area contributed by atoms with Crippen molar-refractivity contribution in [1.82, 2.24) is 5.43 Å². The molecule has 7 nitrogen and oxygen atoms in total. The van der Waals surface area contributed by atoms with E-state index in [0.29, 0.717) is 11.4 Å². The van der Waals surface area contributed by atoms with E-state index in [1.54, 1.807) is 30.3 Å². The third-order valence-corrected chi connectivity index (χ3v) is 5.51. The summed E-state index contributed by atoms with van der Waals surface area (Å²) < 4.78 is 32.7. The normalized spacial score (nSPS) is 11.0. The highest BCUT2D eigenvalue weighted by Gasteiger charge is 2.27. The number of nitrogens with zero attached hydrogens (tertiary/aromatic N) is 1. The van der Waals surface area contributed by atoms with E-state index in [0.717, 1.165) is 8.78 Å². The fraction of sp³-hybridized carbons (Fsp3) is 0.133. The van der Waals surface area contributed by atoms with E-state index < -0.39 is 22.5 Å². The smallest absolute Gasteiger partial charge is 0.264 e. The van der Waals surface area contributed by atoms with Gasteiger partial charge in [-0.3, -0.25) is 14.5 Å². The maximum absolute atomic E-state index is 12.9. The molecule has 9 heteroatoms. The van der Waals surface area contributed by atoms with Crippen molar-refractivity contribution in [3.05, 3.63) is 53.0 Å². The Morgan fingerprint density at radius 3 is 2.50 bits per heavy atom. The molecule has 1 amide bonds. The SMILES string of the molecule is COc1cccc(N(CC(=O)NN)S(=O)(=O)c2ccc(Br)cc2)c1. The van der Waals surface area contributed by atoms with Crippen LogP contribution in [0.25, 0.3) is 0 Å². The van der Waals surface area contributed by atoms with Crippen molar-refractivity contribution in [3.63, 3.8) is 0 Å². The number of sulfonamides is 1. The molecule has 0 aliphatic carbocycles. The van der Waals surface area contributed by atoms with Crippen LogP contribution in [-0.4, -0.2) is 28.0 Å². The molecule has 0 heterocycles. The first kappa shape index (κ1) is 18.2. The van der Waals surface area contributed by atoms with Gasteiger partial charge in [-0.15, -0.1) is 0 Å². The molecule has 24 heavy (non-hydrogen) atoms. The lowest BCUT2D eigenvalue weighted by Gasteiger charge is -2.24. The van der Waals surface area contributed by atoms with Crippen molar-refractivity contribution in [2.24, 2.45) is 5.84 Å². The summed E-state index contributed by atoms with van der Waals surface area (Å²) in [6.07, 6.45) is 0. The van der Waals surface area contributed by atoms with Gasteiger partial charge in [-0.25, -0.2) is 14.3 Å². The van der Waals surface area contributed by atoms with Crippen LogP contribution in [0.2, 0.25) is 0 Å². The highest BCUT2D eigenvalue weighted by Crippen LogP contribution is 2.27. The Labute approximate surface area is 148 Å². The van der Waals surface area contributed by atoms with E-state index in [1.165, 1.54) is 25.3 Å². The standard InChI is InChI=1S/C15H16BrN3O4S/c1-23-13-4-2-3-12(9-13)19(10-15(20)18-17)24(21,22)14-7-5-11(16)6-8-14/h2-9H,10,17H2,1H3,(H,18,20). The number of amides is 1. The molecular weight excluding hydrogens is 398 g/mol. The molecule has 0 aliphatic heterocycles. The van der Waals surface area contributed by atoms with Gasteiger partial charge in [0.1, 0.15) is 12.3 Å². The Kier molecular flexibility index (Phi) is 5.81. The van der Waals surface area contributed by atoms with Gasteiger partial charge in [0.05, 0.1) is 17.7 Å². The fourth-order valence-corrected chi connectivity index (χ4v) is 3.67. The van der Waals surface area contributed by atoms with Crippen molar-refractivity contribution < 1.29 is 17.9 Å². The molecule has 0 bridgehead atoms. The van der Waals surface area contributed by atoms with Crippen LogP contribution in [0.4, 0.5) is 5.69 Å². The average Bonchev–Trinajstić information content (AvgIpc) is 2.59. The van der Waals surface area contributed by atoms with E-state index in [2.05, 4.69) is 15.9 Å². The molecule has 0 spiro atoms. The molecule has 0 fully saturated rings. The van der Waals surface area contributed by atoms with E-state index in [-0.39, 0.29) is 4.90 Å². The zero-order chi connectivity index (χ0) is 17.7. The van der Waals surface area contributed by atoms with Gasteiger partial charge in [0.25, 0.3) is 15.9 Å². The minimum Gasteiger partial charge on any atom is -0.497 e. The number of hydrogen-bond acceptors (Lipinski definition) is 5. The molecule has 3 N–H and O–H groups in total. The van der Waals surface area contributed by atoms with Crippen molar-refractivity contribution in [3.8, 4) is 5.75 Å². The number of methoxy groups -OCH3 is 1. The van der Waals surface area contributed by atoms with Gasteiger partial charge < -0.3 is 4.74 Å². The predicted molar refractivity (Wildman–Crippen MR) is 94.0 cm³/mol. The summed E-state index contributed by atoms with van der Waals surface area (Å²) in [5.41, 5.74) is 2.24. The number of benzene rings is 2. The average molecular weight is 414 g/mol. The van der Waals surface area contributed by atoms with E-state index in [4.69, 9.17) is 10.6 Å². The molecule has 0 saturated heterocycles. The highest BCUT2D eigenvalue weighted by atomic mass is 79.9. The van der Waals surface area contributed by atoms with Crippen molar-refractivity contribution in [1.29, 1.82) is 0 Å². The Bertz CT molecular complexity index is 825. The topological polar surface area (TPSA) is 102 Å². The van der Waals surface area contributed by atoms with Crippen LogP contribution < -0.4 is 20.3 Å². The van der Waals surface area contributed by atoms with Crippen molar-refractivity contribution in [2.45, 2.75) is 4.90 Å². The highest BCUT2D eigenvalue weighted by molar-refractivity contribution is 9.10. The van der Waals surface area contributed by atoms with Crippen LogP contribution >= 0.6 is 15.9 Å². The number of nitrogens with two attached hydrogens (primary N) is 1. The molecule has 0 saturated carbocycles. The van der Waals surface area contributed by atoms with Crippen LogP contribution in [0, 0.1) is 0 Å². The van der Waals surface area contributed by atoms with E-state index in [9.17, 15) is 13.2 Å². The van der Waals surface area contributed by atoms with Gasteiger partial charge in [0.2, 0.25) is 0 Å². The first-order chi connectivity index (χ1) is 11.4. The Morgan fingerprint density at radius 1 is 1.25 bits per heavy atom. The summed E-state index contributed by atoms with van der Waals surface area (Å²) in [6, 6.07) is 12.5. The van der Waals surface area contributed by atoms with Gasteiger partial charge in [-0.05, 0) is 36.4 Å². The van der Waals surface area contributed by atoms with Crippen LogP contribution in [-0.2, 0) is 14.8 Å². The number of rotatable bonds is 6. The third kappa shape index (κ3) is 4.05. The van der Waals surface area contributed by atoms with Crippen LogP contribution in [0.1, 0.15) is 0 Å². The summed E-state index contributed by atoms with van der Waals surface area (Å²) in [5.74, 6) is 4.93. The van der Waals surface area contributed by atoms with Gasteiger partial charge in [0.15, 0.2) is 0 Å². The number of carbonyl (C=O) groups excluding carboxylic acids is 1. The molecule has 0 aromatic heterocycles. The third-order valence-electron chi connectivity index (χ3n) is 3.19. The summed E-state index contributed by atoms with van der Waals surface area (Å²) in [6.45, 7) is -0.456. The first-order valence-corrected chi connectivity index (χ1v) is 9.03.